The Morgan fingerprint density at radius 2 is 2.22 bits per heavy atom. The fourth-order valence-corrected chi connectivity index (χ4v) is 3.68. The second-order valence-corrected chi connectivity index (χ2v) is 7.55. The molecule has 0 aliphatic carbocycles. The van der Waals surface area contributed by atoms with Crippen LogP contribution < -0.4 is 9.64 Å². The minimum Gasteiger partial charge on any atom is -0.471 e. The molecule has 1 aromatic heterocycles. The van der Waals surface area contributed by atoms with Crippen LogP contribution in [0.15, 0.2) is 41.1 Å². The Labute approximate surface area is 184 Å². The summed E-state index contributed by atoms with van der Waals surface area (Å²) in [5.41, 5.74) is 1.87. The third-order valence-electron chi connectivity index (χ3n) is 5.32. The van der Waals surface area contributed by atoms with E-state index in [1.165, 1.54) is 24.2 Å². The first-order valence-corrected chi connectivity index (χ1v) is 10.4. The van der Waals surface area contributed by atoms with Crippen LogP contribution in [0.2, 0.25) is 0 Å². The fourth-order valence-electron chi connectivity index (χ4n) is 3.68. The third kappa shape index (κ3) is 5.25. The summed E-state index contributed by atoms with van der Waals surface area (Å²) in [4.78, 5) is 26.6. The van der Waals surface area contributed by atoms with Crippen molar-refractivity contribution < 1.29 is 32.7 Å². The van der Waals surface area contributed by atoms with Gasteiger partial charge in [-0.15, -0.1) is 0 Å². The van der Waals surface area contributed by atoms with E-state index >= 15 is 0 Å². The van der Waals surface area contributed by atoms with E-state index in [4.69, 9.17) is 14.2 Å². The molecule has 1 aromatic carbocycles. The first-order valence-electron chi connectivity index (χ1n) is 10.4. The SMILES string of the molecule is CC(=O)OCCN1CC=C(c2ccc(N3C[C@H](COc4ccon4)OC3=O)cc2F)CC1. The zero-order valence-corrected chi connectivity index (χ0v) is 17.7. The van der Waals surface area contributed by atoms with Gasteiger partial charge in [0.25, 0.3) is 5.88 Å². The van der Waals surface area contributed by atoms with Crippen LogP contribution in [0.3, 0.4) is 0 Å². The van der Waals surface area contributed by atoms with Crippen LogP contribution >= 0.6 is 0 Å². The summed E-state index contributed by atoms with van der Waals surface area (Å²) in [6, 6.07) is 6.32. The van der Waals surface area contributed by atoms with Gasteiger partial charge >= 0.3 is 12.1 Å². The van der Waals surface area contributed by atoms with Gasteiger partial charge in [-0.05, 0) is 35.3 Å². The van der Waals surface area contributed by atoms with Gasteiger partial charge in [-0.1, -0.05) is 6.08 Å². The number of hydrogen-bond donors (Lipinski definition) is 0. The van der Waals surface area contributed by atoms with E-state index in [1.807, 2.05) is 6.08 Å². The maximum atomic E-state index is 14.9. The number of carbonyl (C=O) groups excluding carboxylic acids is 2. The summed E-state index contributed by atoms with van der Waals surface area (Å²) in [5, 5.41) is 3.64. The van der Waals surface area contributed by atoms with E-state index in [1.54, 1.807) is 18.2 Å². The minimum absolute atomic E-state index is 0.121. The molecule has 0 bridgehead atoms. The molecular weight excluding hydrogens is 421 g/mol. The standard InChI is InChI=1S/C22H24FN3O6/c1-15(27)29-11-9-25-7-4-16(5-8-25)19-3-2-17(12-20(19)23)26-13-18(32-22(26)28)14-30-21-6-10-31-24-21/h2-4,6,10,12,18H,5,7-9,11,13-14H2,1H3/t18-/m1/s1. The predicted octanol–water partition coefficient (Wildman–Crippen LogP) is 2.87. The maximum Gasteiger partial charge on any atom is 0.414 e. The molecule has 0 N–H and O–H groups in total. The van der Waals surface area contributed by atoms with E-state index in [2.05, 4.69) is 14.6 Å². The monoisotopic (exact) mass is 445 g/mol. The average molecular weight is 445 g/mol. The molecule has 4 rings (SSSR count). The van der Waals surface area contributed by atoms with Gasteiger partial charge in [0, 0.05) is 38.2 Å². The number of aromatic nitrogens is 1. The number of cyclic esters (lactones) is 1. The molecule has 0 spiro atoms. The molecule has 170 valence electrons. The lowest BCUT2D eigenvalue weighted by Gasteiger charge is -2.26. The van der Waals surface area contributed by atoms with Gasteiger partial charge in [-0.25, -0.2) is 9.18 Å². The van der Waals surface area contributed by atoms with E-state index in [0.717, 1.165) is 12.1 Å². The fraction of sp³-hybridized carbons (Fsp3) is 0.409. The van der Waals surface area contributed by atoms with Crippen LogP contribution in [0.25, 0.3) is 5.57 Å². The molecule has 32 heavy (non-hydrogen) atoms. The Balaban J connectivity index is 1.34. The number of benzene rings is 1. The molecule has 1 atom stereocenters. The van der Waals surface area contributed by atoms with Crippen molar-refractivity contribution in [3.8, 4) is 5.88 Å². The van der Waals surface area contributed by atoms with Crippen molar-refractivity contribution in [2.75, 3.05) is 44.3 Å². The first-order chi connectivity index (χ1) is 15.5. The number of carbonyl (C=O) groups is 2. The van der Waals surface area contributed by atoms with Crippen molar-refractivity contribution in [3.05, 3.63) is 48.0 Å². The molecular formula is C22H24FN3O6. The molecule has 10 heteroatoms. The van der Waals surface area contributed by atoms with Crippen molar-refractivity contribution in [3.63, 3.8) is 0 Å². The zero-order chi connectivity index (χ0) is 22.5. The third-order valence-corrected chi connectivity index (χ3v) is 5.32. The average Bonchev–Trinajstić information content (AvgIpc) is 3.42. The van der Waals surface area contributed by atoms with Crippen LogP contribution in [0.1, 0.15) is 18.9 Å². The lowest BCUT2D eigenvalue weighted by Crippen LogP contribution is -2.32. The molecule has 9 nitrogen and oxygen atoms in total. The van der Waals surface area contributed by atoms with Crippen LogP contribution in [0.4, 0.5) is 14.9 Å². The molecule has 2 aliphatic rings. The number of anilines is 1. The summed E-state index contributed by atoms with van der Waals surface area (Å²) in [6.07, 6.45) is 3.00. The van der Waals surface area contributed by atoms with Gasteiger partial charge in [-0.3, -0.25) is 14.6 Å². The Hall–Kier alpha value is -3.40. The Morgan fingerprint density at radius 1 is 1.34 bits per heavy atom. The van der Waals surface area contributed by atoms with Gasteiger partial charge in [0.1, 0.15) is 25.3 Å². The first kappa shape index (κ1) is 21.8. The molecule has 1 amide bonds. The van der Waals surface area contributed by atoms with E-state index < -0.39 is 18.0 Å². The van der Waals surface area contributed by atoms with Crippen molar-refractivity contribution in [2.45, 2.75) is 19.4 Å². The number of halogens is 1. The van der Waals surface area contributed by atoms with E-state index in [9.17, 15) is 14.0 Å². The summed E-state index contributed by atoms with van der Waals surface area (Å²) >= 11 is 0. The van der Waals surface area contributed by atoms with Crippen molar-refractivity contribution in [1.82, 2.24) is 10.1 Å². The Morgan fingerprint density at radius 3 is 2.91 bits per heavy atom. The van der Waals surface area contributed by atoms with Gasteiger partial charge in [0.15, 0.2) is 6.10 Å². The molecule has 1 fully saturated rings. The van der Waals surface area contributed by atoms with Gasteiger partial charge in [0.05, 0.1) is 12.2 Å². The van der Waals surface area contributed by atoms with Crippen molar-refractivity contribution in [2.24, 2.45) is 0 Å². The minimum atomic E-state index is -0.550. The van der Waals surface area contributed by atoms with Crippen LogP contribution in [0, 0.1) is 5.82 Å². The highest BCUT2D eigenvalue weighted by Gasteiger charge is 2.33. The normalized spacial score (nSPS) is 18.9. The van der Waals surface area contributed by atoms with Crippen LogP contribution in [-0.4, -0.2) is 67.6 Å². The predicted molar refractivity (Wildman–Crippen MR) is 112 cm³/mol. The largest absolute Gasteiger partial charge is 0.471 e. The van der Waals surface area contributed by atoms with Gasteiger partial charge in [0.2, 0.25) is 0 Å². The lowest BCUT2D eigenvalue weighted by molar-refractivity contribution is -0.141. The summed E-state index contributed by atoms with van der Waals surface area (Å²) in [6.45, 7) is 4.14. The molecule has 0 radical (unpaired) electrons. The second kappa shape index (κ2) is 9.82. The number of rotatable bonds is 8. The zero-order valence-electron chi connectivity index (χ0n) is 17.7. The second-order valence-electron chi connectivity index (χ2n) is 7.55. The van der Waals surface area contributed by atoms with Gasteiger partial charge < -0.3 is 18.7 Å². The summed E-state index contributed by atoms with van der Waals surface area (Å²) in [7, 11) is 0. The van der Waals surface area contributed by atoms with E-state index in [-0.39, 0.29) is 19.1 Å². The van der Waals surface area contributed by atoms with Crippen LogP contribution in [0.5, 0.6) is 5.88 Å². The molecule has 2 aliphatic heterocycles. The van der Waals surface area contributed by atoms with Crippen molar-refractivity contribution in [1.29, 1.82) is 0 Å². The number of esters is 1. The van der Waals surface area contributed by atoms with Crippen LogP contribution in [-0.2, 0) is 14.3 Å². The molecule has 1 saturated heterocycles. The van der Waals surface area contributed by atoms with Crippen molar-refractivity contribution >= 4 is 23.3 Å². The lowest BCUT2D eigenvalue weighted by atomic mass is 9.98. The Bertz CT molecular complexity index is 994. The highest BCUT2D eigenvalue weighted by atomic mass is 19.1. The highest BCUT2D eigenvalue weighted by molar-refractivity contribution is 5.90. The smallest absolute Gasteiger partial charge is 0.414 e. The number of hydrogen-bond acceptors (Lipinski definition) is 8. The molecule has 2 aromatic rings. The quantitative estimate of drug-likeness (QED) is 0.573. The number of amides is 1. The Kier molecular flexibility index (Phi) is 6.69. The molecule has 0 saturated carbocycles. The number of ether oxygens (including phenoxy) is 3. The molecule has 3 heterocycles. The topological polar surface area (TPSA) is 94.3 Å². The number of nitrogens with zero attached hydrogens (tertiary/aromatic N) is 3. The van der Waals surface area contributed by atoms with E-state index in [0.29, 0.717) is 43.2 Å². The summed E-state index contributed by atoms with van der Waals surface area (Å²) < 4.78 is 35.3. The molecule has 0 unspecified atom stereocenters. The highest BCUT2D eigenvalue weighted by Crippen LogP contribution is 2.29. The van der Waals surface area contributed by atoms with Gasteiger partial charge in [-0.2, -0.15) is 0 Å². The summed E-state index contributed by atoms with van der Waals surface area (Å²) in [5.74, 6) is -0.381. The maximum absolute atomic E-state index is 14.9.